The molecule has 0 bridgehead atoms. The Hall–Kier alpha value is -2.56. The fourth-order valence-corrected chi connectivity index (χ4v) is 2.51. The summed E-state index contributed by atoms with van der Waals surface area (Å²) in [5, 5.41) is 9.95. The second-order valence-corrected chi connectivity index (χ2v) is 4.80. The second kappa shape index (κ2) is 6.47. The van der Waals surface area contributed by atoms with Gasteiger partial charge in [0, 0.05) is 5.56 Å². The van der Waals surface area contributed by atoms with Gasteiger partial charge in [-0.2, -0.15) is 0 Å². The molecule has 22 heavy (non-hydrogen) atoms. The molecule has 2 aromatic rings. The van der Waals surface area contributed by atoms with Crippen molar-refractivity contribution in [1.82, 2.24) is 0 Å². The van der Waals surface area contributed by atoms with Gasteiger partial charge in [-0.3, -0.25) is 0 Å². The van der Waals surface area contributed by atoms with Gasteiger partial charge in [-0.05, 0) is 41.8 Å². The Morgan fingerprint density at radius 1 is 0.955 bits per heavy atom. The molecule has 0 radical (unpaired) electrons. The number of nitrogens with two attached hydrogens (primary N) is 1. The van der Waals surface area contributed by atoms with E-state index >= 15 is 0 Å². The van der Waals surface area contributed by atoms with E-state index in [1.807, 2.05) is 19.1 Å². The van der Waals surface area contributed by atoms with E-state index in [1.165, 1.54) is 0 Å². The molecule has 0 aliphatic heterocycles. The number of phenols is 1. The molecular formula is C17H21NO4. The Bertz CT molecular complexity index is 683. The highest BCUT2D eigenvalue weighted by Gasteiger charge is 2.19. The van der Waals surface area contributed by atoms with E-state index in [2.05, 4.69) is 0 Å². The molecule has 118 valence electrons. The minimum atomic E-state index is 0.0454. The Labute approximate surface area is 130 Å². The molecule has 0 fully saturated rings. The third-order valence-electron chi connectivity index (χ3n) is 3.63. The summed E-state index contributed by atoms with van der Waals surface area (Å²) < 4.78 is 16.2. The van der Waals surface area contributed by atoms with Crippen molar-refractivity contribution in [2.75, 3.05) is 27.1 Å². The molecule has 5 nitrogen and oxygen atoms in total. The van der Waals surface area contributed by atoms with Crippen molar-refractivity contribution in [3.05, 3.63) is 29.8 Å². The molecule has 2 rings (SSSR count). The van der Waals surface area contributed by atoms with Crippen LogP contribution in [0.5, 0.6) is 23.0 Å². The molecule has 0 saturated heterocycles. The van der Waals surface area contributed by atoms with Crippen molar-refractivity contribution in [2.45, 2.75) is 13.3 Å². The summed E-state index contributed by atoms with van der Waals surface area (Å²) >= 11 is 0. The highest BCUT2D eigenvalue weighted by molar-refractivity contribution is 5.81. The molecule has 0 saturated carbocycles. The highest BCUT2D eigenvalue weighted by atomic mass is 16.5. The van der Waals surface area contributed by atoms with Crippen LogP contribution >= 0.6 is 0 Å². The van der Waals surface area contributed by atoms with E-state index in [4.69, 9.17) is 19.9 Å². The molecule has 0 spiro atoms. The topological polar surface area (TPSA) is 73.9 Å². The third kappa shape index (κ3) is 2.62. The smallest absolute Gasteiger partial charge is 0.203 e. The minimum Gasteiger partial charge on any atom is -0.506 e. The maximum Gasteiger partial charge on any atom is 0.203 e. The summed E-state index contributed by atoms with van der Waals surface area (Å²) in [6, 6.07) is 7.12. The number of ether oxygens (including phenoxy) is 3. The van der Waals surface area contributed by atoms with E-state index < -0.39 is 0 Å². The molecule has 0 unspecified atom stereocenters. The van der Waals surface area contributed by atoms with Gasteiger partial charge >= 0.3 is 0 Å². The first-order valence-corrected chi connectivity index (χ1v) is 6.98. The zero-order chi connectivity index (χ0) is 16.3. The Balaban J connectivity index is 2.75. The first-order chi connectivity index (χ1) is 10.6. The Morgan fingerprint density at radius 3 is 2.18 bits per heavy atom. The van der Waals surface area contributed by atoms with Gasteiger partial charge in [0.25, 0.3) is 0 Å². The highest BCUT2D eigenvalue weighted by Crippen LogP contribution is 2.46. The van der Waals surface area contributed by atoms with Gasteiger partial charge in [-0.1, -0.05) is 6.92 Å². The number of methoxy groups -OCH3 is 3. The van der Waals surface area contributed by atoms with Crippen molar-refractivity contribution < 1.29 is 19.3 Å². The number of benzene rings is 2. The lowest BCUT2D eigenvalue weighted by Gasteiger charge is -2.18. The van der Waals surface area contributed by atoms with Crippen molar-refractivity contribution in [1.29, 1.82) is 0 Å². The van der Waals surface area contributed by atoms with Crippen LogP contribution in [0, 0.1) is 0 Å². The second-order valence-electron chi connectivity index (χ2n) is 4.80. The average Bonchev–Trinajstić information content (AvgIpc) is 2.55. The monoisotopic (exact) mass is 303 g/mol. The van der Waals surface area contributed by atoms with Crippen LogP contribution in [0.2, 0.25) is 0 Å². The molecule has 0 aliphatic rings. The fourth-order valence-electron chi connectivity index (χ4n) is 2.51. The summed E-state index contributed by atoms with van der Waals surface area (Å²) in [5.41, 5.74) is 8.83. The summed E-state index contributed by atoms with van der Waals surface area (Å²) in [4.78, 5) is 0. The van der Waals surface area contributed by atoms with Crippen LogP contribution in [0.3, 0.4) is 0 Å². The first kappa shape index (κ1) is 15.8. The number of anilines is 1. The third-order valence-corrected chi connectivity index (χ3v) is 3.63. The lowest BCUT2D eigenvalue weighted by atomic mass is 9.95. The van der Waals surface area contributed by atoms with E-state index in [1.54, 1.807) is 33.5 Å². The predicted octanol–water partition coefficient (Wildman–Crippen LogP) is 3.23. The van der Waals surface area contributed by atoms with Crippen molar-refractivity contribution in [3.8, 4) is 34.1 Å². The van der Waals surface area contributed by atoms with Crippen LogP contribution in [0.15, 0.2) is 24.3 Å². The number of phenolic OH excluding ortho intramolecular Hbond substituents is 1. The first-order valence-electron chi connectivity index (χ1n) is 6.98. The quantitative estimate of drug-likeness (QED) is 0.655. The SMILES string of the molecule is CCc1cc(N)c(O)cc1-c1ccc(OC)c(OC)c1OC. The van der Waals surface area contributed by atoms with Gasteiger partial charge in [0.2, 0.25) is 5.75 Å². The van der Waals surface area contributed by atoms with E-state index in [0.717, 1.165) is 23.1 Å². The van der Waals surface area contributed by atoms with Gasteiger partial charge in [-0.15, -0.1) is 0 Å². The van der Waals surface area contributed by atoms with Crippen molar-refractivity contribution in [3.63, 3.8) is 0 Å². The van der Waals surface area contributed by atoms with Gasteiger partial charge in [0.1, 0.15) is 5.75 Å². The van der Waals surface area contributed by atoms with Crippen LogP contribution in [-0.2, 0) is 6.42 Å². The normalized spacial score (nSPS) is 10.4. The number of hydrogen-bond donors (Lipinski definition) is 2. The van der Waals surface area contributed by atoms with Crippen molar-refractivity contribution >= 4 is 5.69 Å². The summed E-state index contributed by atoms with van der Waals surface area (Å²) in [7, 11) is 4.71. The number of rotatable bonds is 5. The molecule has 0 aliphatic carbocycles. The molecule has 3 N–H and O–H groups in total. The fraction of sp³-hybridized carbons (Fsp3) is 0.294. The molecule has 2 aromatic carbocycles. The molecule has 0 heterocycles. The minimum absolute atomic E-state index is 0.0454. The van der Waals surface area contributed by atoms with Crippen LogP contribution in [0.4, 0.5) is 5.69 Å². The summed E-state index contributed by atoms with van der Waals surface area (Å²) in [6.45, 7) is 2.03. The average molecular weight is 303 g/mol. The maximum atomic E-state index is 9.95. The van der Waals surface area contributed by atoms with Crippen LogP contribution in [0.25, 0.3) is 11.1 Å². The van der Waals surface area contributed by atoms with Gasteiger partial charge in [0.15, 0.2) is 11.5 Å². The summed E-state index contributed by atoms with van der Waals surface area (Å²) in [5.74, 6) is 1.70. The molecule has 0 aromatic heterocycles. The number of hydrogen-bond acceptors (Lipinski definition) is 5. The van der Waals surface area contributed by atoms with E-state index in [0.29, 0.717) is 22.9 Å². The van der Waals surface area contributed by atoms with Gasteiger partial charge in [-0.25, -0.2) is 0 Å². The van der Waals surface area contributed by atoms with Crippen LogP contribution in [-0.4, -0.2) is 26.4 Å². The van der Waals surface area contributed by atoms with Crippen LogP contribution in [0.1, 0.15) is 12.5 Å². The Kier molecular flexibility index (Phi) is 4.65. The molecule has 0 atom stereocenters. The van der Waals surface area contributed by atoms with Crippen LogP contribution < -0.4 is 19.9 Å². The zero-order valence-electron chi connectivity index (χ0n) is 13.3. The standard InChI is InChI=1S/C17H21NO4/c1-5-10-8-13(18)14(19)9-12(10)11-6-7-15(20-2)17(22-4)16(11)21-3/h6-9,19H,5,18H2,1-4H3. The maximum absolute atomic E-state index is 9.95. The van der Waals surface area contributed by atoms with E-state index in [9.17, 15) is 5.11 Å². The van der Waals surface area contributed by atoms with Gasteiger partial charge < -0.3 is 25.1 Å². The summed E-state index contributed by atoms with van der Waals surface area (Å²) in [6.07, 6.45) is 0.775. The van der Waals surface area contributed by atoms with Crippen molar-refractivity contribution in [2.24, 2.45) is 0 Å². The zero-order valence-corrected chi connectivity index (χ0v) is 13.3. The van der Waals surface area contributed by atoms with Gasteiger partial charge in [0.05, 0.1) is 27.0 Å². The van der Waals surface area contributed by atoms with E-state index in [-0.39, 0.29) is 5.75 Å². The Morgan fingerprint density at radius 2 is 1.64 bits per heavy atom. The molecule has 5 heteroatoms. The molecular weight excluding hydrogens is 282 g/mol. The number of nitrogen functional groups attached to an aromatic ring is 1. The number of aryl methyl sites for hydroxylation is 1. The lowest BCUT2D eigenvalue weighted by molar-refractivity contribution is 0.325. The number of aromatic hydroxyl groups is 1. The predicted molar refractivity (Wildman–Crippen MR) is 87.0 cm³/mol. The largest absolute Gasteiger partial charge is 0.506 e. The molecule has 0 amide bonds. The lowest BCUT2D eigenvalue weighted by Crippen LogP contribution is -1.99.